The van der Waals surface area contributed by atoms with Crippen LogP contribution in [0.15, 0.2) is 218 Å². The Balaban J connectivity index is 1.08. The van der Waals surface area contributed by atoms with Crippen LogP contribution in [0.4, 0.5) is 34.1 Å². The molecule has 11 aromatic carbocycles. The Hall–Kier alpha value is -8.42. The summed E-state index contributed by atoms with van der Waals surface area (Å²) >= 11 is 3.71. The van der Waals surface area contributed by atoms with Gasteiger partial charge in [-0.15, -0.1) is 22.7 Å². The molecule has 0 radical (unpaired) electrons. The van der Waals surface area contributed by atoms with Crippen molar-refractivity contribution in [3.05, 3.63) is 218 Å². The van der Waals surface area contributed by atoms with Crippen LogP contribution in [-0.2, 0) is 0 Å². The first-order valence-corrected chi connectivity index (χ1v) is 24.5. The maximum Gasteiger partial charge on any atom is 0.151 e. The van der Waals surface area contributed by atoms with Crippen LogP contribution in [0.25, 0.3) is 84.1 Å². The van der Waals surface area contributed by atoms with Gasteiger partial charge in [-0.05, 0) is 153 Å². The third-order valence-electron chi connectivity index (χ3n) is 13.8. The monoisotopic (exact) mass is 904 g/mol. The molecule has 6 heteroatoms. The fourth-order valence-electron chi connectivity index (χ4n) is 10.8. The van der Waals surface area contributed by atoms with Gasteiger partial charge in [-0.1, -0.05) is 109 Å². The van der Waals surface area contributed by atoms with Crippen molar-refractivity contribution in [1.29, 1.82) is 0 Å². The van der Waals surface area contributed by atoms with Crippen LogP contribution in [-0.4, -0.2) is 0 Å². The molecule has 0 saturated carbocycles. The van der Waals surface area contributed by atoms with Gasteiger partial charge in [0.15, 0.2) is 23.0 Å². The molecule has 2 aromatic heterocycles. The molecule has 0 unspecified atom stereocenters. The Morgan fingerprint density at radius 1 is 0.265 bits per heavy atom. The van der Waals surface area contributed by atoms with Crippen molar-refractivity contribution >= 4 is 119 Å². The third kappa shape index (κ3) is 5.59. The number of nitrogens with zero attached hydrogens (tertiary/aromatic N) is 2. The van der Waals surface area contributed by atoms with Crippen LogP contribution >= 0.6 is 22.7 Å². The van der Waals surface area contributed by atoms with Gasteiger partial charge in [0.05, 0.1) is 22.7 Å². The zero-order valence-electron chi connectivity index (χ0n) is 36.3. The van der Waals surface area contributed by atoms with Crippen LogP contribution < -0.4 is 19.3 Å². The summed E-state index contributed by atoms with van der Waals surface area (Å²) in [4.78, 5) is 4.72. The Bertz CT molecular complexity index is 3900. The molecule has 0 spiro atoms. The lowest BCUT2D eigenvalue weighted by Crippen LogP contribution is -2.15. The molecule has 0 bridgehead atoms. The fourth-order valence-corrected chi connectivity index (χ4v) is 13.0. The van der Waals surface area contributed by atoms with Crippen molar-refractivity contribution in [3.8, 4) is 45.3 Å². The number of anilines is 6. The summed E-state index contributed by atoms with van der Waals surface area (Å²) < 4.78 is 18.2. The number of hydrogen-bond donors (Lipinski definition) is 0. The zero-order valence-corrected chi connectivity index (χ0v) is 37.9. The van der Waals surface area contributed by atoms with Gasteiger partial charge < -0.3 is 19.3 Å². The Labute approximate surface area is 399 Å². The molecule has 0 aliphatic carbocycles. The molecular weight excluding hydrogens is 869 g/mol. The second-order valence-electron chi connectivity index (χ2n) is 17.6. The molecule has 4 nitrogen and oxygen atoms in total. The Kier molecular flexibility index (Phi) is 8.07. The van der Waals surface area contributed by atoms with E-state index in [9.17, 15) is 0 Å². The van der Waals surface area contributed by atoms with Gasteiger partial charge in [-0.25, -0.2) is 0 Å². The van der Waals surface area contributed by atoms with Crippen LogP contribution in [0.3, 0.4) is 0 Å². The molecule has 15 rings (SSSR count). The van der Waals surface area contributed by atoms with Gasteiger partial charge in [0.1, 0.15) is 0 Å². The standard InChI is InChI=1S/C62H36N2O2S2/c1-11-23-57-41(13-1)45-33-37(25-31-59(45)67-57)61-43-29-27-40(64-51-17-5-9-21-55(51)66-56-22-10-6-18-52(56)64)36-48(43)62(38-26-32-60-46(34-38)42-14-2-12-24-58(42)68-60)44-30-28-39(35-47(44)61)63-49-15-3-7-19-53(49)65-54-20-8-4-16-50(54)63/h1-36H. The molecule has 0 fully saturated rings. The van der Waals surface area contributed by atoms with E-state index in [0.29, 0.717) is 0 Å². The normalized spacial score (nSPS) is 12.9. The first kappa shape index (κ1) is 37.8. The minimum Gasteiger partial charge on any atom is -0.453 e. The summed E-state index contributed by atoms with van der Waals surface area (Å²) in [6, 6.07) is 79.3. The summed E-state index contributed by atoms with van der Waals surface area (Å²) in [5.41, 5.74) is 10.9. The lowest BCUT2D eigenvalue weighted by atomic mass is 9.84. The van der Waals surface area contributed by atoms with Crippen LogP contribution in [0, 0.1) is 0 Å². The van der Waals surface area contributed by atoms with Gasteiger partial charge in [0.25, 0.3) is 0 Å². The van der Waals surface area contributed by atoms with Crippen molar-refractivity contribution in [1.82, 2.24) is 0 Å². The first-order chi connectivity index (χ1) is 33.7. The Morgan fingerprint density at radius 2 is 0.618 bits per heavy atom. The minimum atomic E-state index is 0.829. The molecular formula is C62H36N2O2S2. The zero-order chi connectivity index (χ0) is 44.5. The molecule has 318 valence electrons. The van der Waals surface area contributed by atoms with E-state index in [-0.39, 0.29) is 0 Å². The largest absolute Gasteiger partial charge is 0.453 e. The van der Waals surface area contributed by atoms with E-state index in [2.05, 4.69) is 204 Å². The second-order valence-corrected chi connectivity index (χ2v) is 19.7. The molecule has 4 heterocycles. The highest BCUT2D eigenvalue weighted by molar-refractivity contribution is 7.26. The summed E-state index contributed by atoms with van der Waals surface area (Å²) in [6.07, 6.45) is 0. The number of benzene rings is 11. The molecule has 68 heavy (non-hydrogen) atoms. The topological polar surface area (TPSA) is 24.9 Å². The molecule has 0 atom stereocenters. The highest BCUT2D eigenvalue weighted by atomic mass is 32.1. The van der Waals surface area contributed by atoms with Crippen molar-refractivity contribution in [2.24, 2.45) is 0 Å². The molecule has 2 aliphatic rings. The molecule has 13 aromatic rings. The maximum atomic E-state index is 6.53. The van der Waals surface area contributed by atoms with Crippen LogP contribution in [0.1, 0.15) is 0 Å². The molecule has 2 aliphatic heterocycles. The predicted octanol–water partition coefficient (Wildman–Crippen LogP) is 19.2. The number of thiophene rings is 2. The number of ether oxygens (including phenoxy) is 2. The number of fused-ring (bicyclic) bond motifs is 12. The molecule has 0 N–H and O–H groups in total. The lowest BCUT2D eigenvalue weighted by Gasteiger charge is -2.33. The lowest BCUT2D eigenvalue weighted by molar-refractivity contribution is 0.477. The van der Waals surface area contributed by atoms with E-state index in [1.54, 1.807) is 0 Å². The van der Waals surface area contributed by atoms with Crippen LogP contribution in [0.2, 0.25) is 0 Å². The maximum absolute atomic E-state index is 6.53. The quantitative estimate of drug-likeness (QED) is 0.164. The minimum absolute atomic E-state index is 0.829. The van der Waals surface area contributed by atoms with Gasteiger partial charge >= 0.3 is 0 Å². The highest BCUT2D eigenvalue weighted by Gasteiger charge is 2.29. The molecule has 0 amide bonds. The van der Waals surface area contributed by atoms with E-state index >= 15 is 0 Å². The van der Waals surface area contributed by atoms with Gasteiger partial charge in [-0.3, -0.25) is 0 Å². The smallest absolute Gasteiger partial charge is 0.151 e. The van der Waals surface area contributed by atoms with Crippen molar-refractivity contribution < 1.29 is 9.47 Å². The first-order valence-electron chi connectivity index (χ1n) is 22.9. The van der Waals surface area contributed by atoms with E-state index in [0.717, 1.165) is 57.1 Å². The van der Waals surface area contributed by atoms with Crippen LogP contribution in [0.5, 0.6) is 23.0 Å². The van der Waals surface area contributed by atoms with Gasteiger partial charge in [0.2, 0.25) is 0 Å². The summed E-state index contributed by atoms with van der Waals surface area (Å²) in [7, 11) is 0. The Morgan fingerprint density at radius 3 is 1.03 bits per heavy atom. The predicted molar refractivity (Wildman–Crippen MR) is 288 cm³/mol. The van der Waals surface area contributed by atoms with Crippen molar-refractivity contribution in [3.63, 3.8) is 0 Å². The number of hydrogen-bond acceptors (Lipinski definition) is 6. The fraction of sp³-hybridized carbons (Fsp3) is 0. The SMILES string of the molecule is c1ccc2c(c1)Oc1ccccc1N2c1ccc2c(-c3ccc4sc5ccccc5c4c3)c3cc(N4c5ccccc5Oc5ccccc54)ccc3c(-c3ccc4sc5ccccc5c4c3)c2c1. The van der Waals surface area contributed by atoms with Crippen molar-refractivity contribution in [2.75, 3.05) is 9.80 Å². The van der Waals surface area contributed by atoms with E-state index in [4.69, 9.17) is 9.47 Å². The molecule has 0 saturated heterocycles. The van der Waals surface area contributed by atoms with Crippen molar-refractivity contribution in [2.45, 2.75) is 0 Å². The average molecular weight is 905 g/mol. The van der Waals surface area contributed by atoms with Gasteiger partial charge in [0, 0.05) is 51.7 Å². The van der Waals surface area contributed by atoms with E-state index < -0.39 is 0 Å². The second kappa shape index (κ2) is 14.5. The van der Waals surface area contributed by atoms with E-state index in [1.807, 2.05) is 46.9 Å². The summed E-state index contributed by atoms with van der Waals surface area (Å²) in [5.74, 6) is 3.32. The van der Waals surface area contributed by atoms with E-state index in [1.165, 1.54) is 84.1 Å². The third-order valence-corrected chi connectivity index (χ3v) is 16.1. The highest BCUT2D eigenvalue weighted by Crippen LogP contribution is 2.55. The summed E-state index contributed by atoms with van der Waals surface area (Å²) in [5, 5.41) is 9.82. The average Bonchev–Trinajstić information content (AvgIpc) is 3.96. The number of rotatable bonds is 4. The summed E-state index contributed by atoms with van der Waals surface area (Å²) in [6.45, 7) is 0. The number of para-hydroxylation sites is 8. The van der Waals surface area contributed by atoms with Gasteiger partial charge in [-0.2, -0.15) is 0 Å².